The van der Waals surface area contributed by atoms with Crippen LogP contribution in [0.5, 0.6) is 5.88 Å². The maximum atomic E-state index is 13.6. The third-order valence-electron chi connectivity index (χ3n) is 6.32. The number of rotatable bonds is 5. The Balaban J connectivity index is 1.27. The summed E-state index contributed by atoms with van der Waals surface area (Å²) in [5.41, 5.74) is 0.409. The molecule has 29 heavy (non-hydrogen) atoms. The van der Waals surface area contributed by atoms with Crippen LogP contribution >= 0.6 is 0 Å². The minimum atomic E-state index is -0.650. The molecule has 0 saturated heterocycles. The Kier molecular flexibility index (Phi) is 4.29. The van der Waals surface area contributed by atoms with Crippen molar-refractivity contribution >= 4 is 12.1 Å². The van der Waals surface area contributed by atoms with E-state index in [9.17, 15) is 13.6 Å². The molecular weight excluding hydrogens is 378 g/mol. The fraction of sp³-hybridized carbons (Fsp3) is 0.429. The van der Waals surface area contributed by atoms with Gasteiger partial charge < -0.3 is 4.74 Å². The third kappa shape index (κ3) is 3.26. The Morgan fingerprint density at radius 1 is 1.17 bits per heavy atom. The Hall–Kier alpha value is -2.90. The van der Waals surface area contributed by atoms with Gasteiger partial charge in [0.25, 0.3) is 0 Å². The van der Waals surface area contributed by atoms with Gasteiger partial charge >= 0.3 is 0 Å². The molecule has 3 saturated carbocycles. The maximum Gasteiger partial charge on any atom is 0.246 e. The van der Waals surface area contributed by atoms with Crippen molar-refractivity contribution in [3.05, 3.63) is 54.0 Å². The SMILES string of the molecule is O=C(C1CC2(COc3cnccn3)CC1C2)N1N=CCC1c1cc(F)cc(F)c1. The number of hydrazone groups is 1. The second kappa shape index (κ2) is 6.86. The summed E-state index contributed by atoms with van der Waals surface area (Å²) in [7, 11) is 0. The summed E-state index contributed by atoms with van der Waals surface area (Å²) >= 11 is 0. The molecule has 0 spiro atoms. The van der Waals surface area contributed by atoms with E-state index < -0.39 is 17.7 Å². The lowest BCUT2D eigenvalue weighted by molar-refractivity contribution is -0.138. The molecule has 3 fully saturated rings. The Morgan fingerprint density at radius 2 is 1.97 bits per heavy atom. The summed E-state index contributed by atoms with van der Waals surface area (Å²) in [5.74, 6) is -0.731. The van der Waals surface area contributed by atoms with Crippen molar-refractivity contribution in [1.29, 1.82) is 0 Å². The quantitative estimate of drug-likeness (QED) is 0.773. The lowest BCUT2D eigenvalue weighted by Gasteiger charge is -2.38. The van der Waals surface area contributed by atoms with Crippen molar-refractivity contribution in [2.45, 2.75) is 31.7 Å². The van der Waals surface area contributed by atoms with Crippen LogP contribution in [0, 0.1) is 28.9 Å². The summed E-state index contributed by atoms with van der Waals surface area (Å²) in [6.45, 7) is 0.508. The second-order valence-electron chi connectivity index (χ2n) is 8.25. The van der Waals surface area contributed by atoms with Crippen molar-refractivity contribution < 1.29 is 18.3 Å². The van der Waals surface area contributed by atoms with Crippen LogP contribution in [0.2, 0.25) is 0 Å². The molecule has 1 aromatic carbocycles. The van der Waals surface area contributed by atoms with Crippen LogP contribution < -0.4 is 4.74 Å². The number of hydrogen-bond donors (Lipinski definition) is 0. The van der Waals surface area contributed by atoms with E-state index in [0.29, 0.717) is 30.4 Å². The van der Waals surface area contributed by atoms with Crippen LogP contribution in [0.1, 0.15) is 37.3 Å². The summed E-state index contributed by atoms with van der Waals surface area (Å²) in [6, 6.07) is 2.91. The molecule has 6 rings (SSSR count). The van der Waals surface area contributed by atoms with Crippen LogP contribution in [-0.2, 0) is 4.79 Å². The van der Waals surface area contributed by atoms with Gasteiger partial charge in [-0.15, -0.1) is 0 Å². The van der Waals surface area contributed by atoms with E-state index in [2.05, 4.69) is 15.1 Å². The maximum absolute atomic E-state index is 13.6. The third-order valence-corrected chi connectivity index (χ3v) is 6.32. The molecule has 2 bridgehead atoms. The largest absolute Gasteiger partial charge is 0.476 e. The predicted octanol–water partition coefficient (Wildman–Crippen LogP) is 3.51. The summed E-state index contributed by atoms with van der Waals surface area (Å²) in [6.07, 6.45) is 9.43. The van der Waals surface area contributed by atoms with E-state index in [1.54, 1.807) is 24.8 Å². The van der Waals surface area contributed by atoms with Gasteiger partial charge in [-0.25, -0.2) is 18.8 Å². The first-order valence-electron chi connectivity index (χ1n) is 9.73. The molecule has 6 nitrogen and oxygen atoms in total. The molecule has 2 heterocycles. The number of carbonyl (C=O) groups excluding carboxylic acids is 1. The Labute approximate surface area is 166 Å². The molecule has 2 aromatic rings. The van der Waals surface area contributed by atoms with Gasteiger partial charge in [0, 0.05) is 42.4 Å². The normalized spacial score (nSPS) is 29.7. The van der Waals surface area contributed by atoms with Gasteiger partial charge in [0.1, 0.15) is 11.6 Å². The van der Waals surface area contributed by atoms with Gasteiger partial charge in [-0.2, -0.15) is 5.10 Å². The number of aromatic nitrogens is 2. The van der Waals surface area contributed by atoms with Crippen LogP contribution in [0.3, 0.4) is 0 Å². The number of halogens is 2. The van der Waals surface area contributed by atoms with E-state index in [4.69, 9.17) is 4.74 Å². The van der Waals surface area contributed by atoms with Gasteiger partial charge in [-0.3, -0.25) is 9.78 Å². The number of nitrogens with zero attached hydrogens (tertiary/aromatic N) is 4. The average molecular weight is 398 g/mol. The first-order chi connectivity index (χ1) is 14.0. The molecule has 150 valence electrons. The first kappa shape index (κ1) is 18.1. The molecule has 8 heteroatoms. The number of carbonyl (C=O) groups is 1. The highest BCUT2D eigenvalue weighted by Crippen LogP contribution is 2.62. The fourth-order valence-electron chi connectivity index (χ4n) is 5.03. The van der Waals surface area contributed by atoms with Gasteiger partial charge in [0.15, 0.2) is 0 Å². The van der Waals surface area contributed by atoms with E-state index in [0.717, 1.165) is 25.3 Å². The molecular formula is C21H20F2N4O2. The molecule has 0 N–H and O–H groups in total. The smallest absolute Gasteiger partial charge is 0.246 e. The summed E-state index contributed by atoms with van der Waals surface area (Å²) in [4.78, 5) is 21.3. The van der Waals surface area contributed by atoms with E-state index in [1.165, 1.54) is 17.1 Å². The Bertz CT molecular complexity index is 942. The van der Waals surface area contributed by atoms with Crippen molar-refractivity contribution in [2.75, 3.05) is 6.61 Å². The highest BCUT2D eigenvalue weighted by molar-refractivity contribution is 5.83. The topological polar surface area (TPSA) is 67.7 Å². The zero-order valence-electron chi connectivity index (χ0n) is 15.7. The minimum Gasteiger partial charge on any atom is -0.476 e. The number of hydrogen-bond acceptors (Lipinski definition) is 5. The van der Waals surface area contributed by atoms with Gasteiger partial charge in [0.05, 0.1) is 18.8 Å². The van der Waals surface area contributed by atoms with Crippen LogP contribution in [0.4, 0.5) is 8.78 Å². The zero-order chi connectivity index (χ0) is 20.0. The number of ether oxygens (including phenoxy) is 1. The van der Waals surface area contributed by atoms with Crippen LogP contribution in [-0.4, -0.2) is 33.7 Å². The van der Waals surface area contributed by atoms with E-state index in [-0.39, 0.29) is 17.2 Å². The van der Waals surface area contributed by atoms with Crippen molar-refractivity contribution in [3.8, 4) is 5.88 Å². The molecule has 2 atom stereocenters. The number of fused-ring (bicyclic) bond motifs is 1. The molecule has 2 unspecified atom stereocenters. The highest BCUT2D eigenvalue weighted by Gasteiger charge is 2.59. The summed E-state index contributed by atoms with van der Waals surface area (Å²) < 4.78 is 33.1. The standard InChI is InChI=1S/C21H20F2N4O2/c22-15-5-13(6-16(23)7-15)18-1-2-26-27(18)20(28)17-10-21(8-14(17)9-21)12-29-19-11-24-3-4-25-19/h2-7,11,14,17-18H,1,8-10,12H2. The van der Waals surface area contributed by atoms with Crippen molar-refractivity contribution in [2.24, 2.45) is 22.4 Å². The van der Waals surface area contributed by atoms with E-state index in [1.807, 2.05) is 0 Å². The van der Waals surface area contributed by atoms with Crippen molar-refractivity contribution in [1.82, 2.24) is 15.0 Å². The predicted molar refractivity (Wildman–Crippen MR) is 99.8 cm³/mol. The molecule has 0 radical (unpaired) electrons. The number of amides is 1. The summed E-state index contributed by atoms with van der Waals surface area (Å²) in [5, 5.41) is 5.64. The molecule has 1 aromatic heterocycles. The average Bonchev–Trinajstić information content (AvgIpc) is 3.39. The fourth-order valence-corrected chi connectivity index (χ4v) is 5.03. The monoisotopic (exact) mass is 398 g/mol. The lowest BCUT2D eigenvalue weighted by atomic mass is 9.70. The van der Waals surface area contributed by atoms with Crippen LogP contribution in [0.15, 0.2) is 41.9 Å². The minimum absolute atomic E-state index is 0.0214. The Morgan fingerprint density at radius 3 is 2.69 bits per heavy atom. The molecule has 4 aliphatic rings. The molecule has 1 aliphatic heterocycles. The van der Waals surface area contributed by atoms with Crippen LogP contribution in [0.25, 0.3) is 0 Å². The van der Waals surface area contributed by atoms with Gasteiger partial charge in [0.2, 0.25) is 11.8 Å². The first-order valence-corrected chi connectivity index (χ1v) is 9.73. The van der Waals surface area contributed by atoms with E-state index >= 15 is 0 Å². The second-order valence-corrected chi connectivity index (χ2v) is 8.25. The highest BCUT2D eigenvalue weighted by atomic mass is 19.1. The number of benzene rings is 1. The van der Waals surface area contributed by atoms with Gasteiger partial charge in [-0.05, 0) is 42.9 Å². The van der Waals surface area contributed by atoms with Crippen molar-refractivity contribution in [3.63, 3.8) is 0 Å². The van der Waals surface area contributed by atoms with Gasteiger partial charge in [-0.1, -0.05) is 0 Å². The lowest BCUT2D eigenvalue weighted by Crippen LogP contribution is -2.36. The zero-order valence-corrected chi connectivity index (χ0v) is 15.7. The molecule has 3 aliphatic carbocycles. The molecule has 1 amide bonds.